The minimum Gasteiger partial charge on any atom is -0.481 e. The zero-order chi connectivity index (χ0) is 15.8. The van der Waals surface area contributed by atoms with Crippen molar-refractivity contribution in [1.29, 1.82) is 0 Å². The van der Waals surface area contributed by atoms with Crippen LogP contribution in [-0.2, 0) is 9.59 Å². The number of carboxylic acids is 1. The second kappa shape index (κ2) is 8.42. The molecule has 116 valence electrons. The van der Waals surface area contributed by atoms with Gasteiger partial charge in [-0.05, 0) is 23.6 Å². The third-order valence-corrected chi connectivity index (χ3v) is 3.15. The molecular weight excluding hydrogens is 268 g/mol. The van der Waals surface area contributed by atoms with Crippen molar-refractivity contribution in [1.82, 2.24) is 5.32 Å². The maximum atomic E-state index is 11.7. The van der Waals surface area contributed by atoms with Crippen molar-refractivity contribution in [3.63, 3.8) is 0 Å². The molecule has 21 heavy (non-hydrogen) atoms. The van der Waals surface area contributed by atoms with Gasteiger partial charge in [0.05, 0.1) is 6.42 Å². The first-order chi connectivity index (χ1) is 9.88. The Bertz CT molecular complexity index is 469. The molecule has 5 nitrogen and oxygen atoms in total. The van der Waals surface area contributed by atoms with E-state index in [9.17, 15) is 9.59 Å². The van der Waals surface area contributed by atoms with Gasteiger partial charge in [-0.25, -0.2) is 0 Å². The van der Waals surface area contributed by atoms with E-state index >= 15 is 0 Å². The Kier molecular flexibility index (Phi) is 6.88. The first-order valence-electron chi connectivity index (χ1n) is 7.23. The van der Waals surface area contributed by atoms with Crippen molar-refractivity contribution in [2.45, 2.75) is 45.6 Å². The van der Waals surface area contributed by atoms with Crippen LogP contribution in [0.3, 0.4) is 0 Å². The second-order valence-electron chi connectivity index (χ2n) is 5.53. The highest BCUT2D eigenvalue weighted by molar-refractivity contribution is 5.90. The summed E-state index contributed by atoms with van der Waals surface area (Å²) in [4.78, 5) is 22.4. The summed E-state index contributed by atoms with van der Waals surface area (Å²) in [5.74, 6) is -0.880. The molecule has 0 fully saturated rings. The molecule has 0 bridgehead atoms. The maximum Gasteiger partial charge on any atom is 0.303 e. The molecule has 0 aliphatic heterocycles. The largest absolute Gasteiger partial charge is 0.481 e. The molecule has 0 spiro atoms. The second-order valence-corrected chi connectivity index (χ2v) is 5.53. The van der Waals surface area contributed by atoms with Gasteiger partial charge in [-0.3, -0.25) is 9.59 Å². The van der Waals surface area contributed by atoms with Gasteiger partial charge in [-0.1, -0.05) is 32.9 Å². The lowest BCUT2D eigenvalue weighted by atomic mass is 9.98. The third kappa shape index (κ3) is 6.90. The number of anilines is 1. The van der Waals surface area contributed by atoms with Crippen LogP contribution in [0.2, 0.25) is 0 Å². The highest BCUT2D eigenvalue weighted by atomic mass is 16.4. The molecule has 1 rings (SSSR count). The van der Waals surface area contributed by atoms with Crippen LogP contribution in [-0.4, -0.2) is 29.6 Å². The average molecular weight is 292 g/mol. The van der Waals surface area contributed by atoms with Crippen LogP contribution in [0.1, 0.15) is 45.1 Å². The molecular formula is C16H24N2O3. The SMILES string of the molecule is CC(C)NCCC(=O)Nc1ccc(C(C)CC(=O)O)cc1. The summed E-state index contributed by atoms with van der Waals surface area (Å²) in [6, 6.07) is 7.70. The normalized spacial score (nSPS) is 12.2. The fourth-order valence-electron chi connectivity index (χ4n) is 1.97. The molecule has 0 radical (unpaired) electrons. The number of rotatable bonds is 8. The van der Waals surface area contributed by atoms with Crippen LogP contribution >= 0.6 is 0 Å². The molecule has 0 heterocycles. The minimum absolute atomic E-state index is 0.0329. The molecule has 1 atom stereocenters. The molecule has 5 heteroatoms. The van der Waals surface area contributed by atoms with E-state index in [0.29, 0.717) is 19.0 Å². The third-order valence-electron chi connectivity index (χ3n) is 3.15. The van der Waals surface area contributed by atoms with Gasteiger partial charge in [0.1, 0.15) is 0 Å². The van der Waals surface area contributed by atoms with Gasteiger partial charge in [0.15, 0.2) is 0 Å². The maximum absolute atomic E-state index is 11.7. The van der Waals surface area contributed by atoms with Crippen molar-refractivity contribution >= 4 is 17.6 Å². The summed E-state index contributed by atoms with van der Waals surface area (Å²) in [7, 11) is 0. The number of hydrogen-bond donors (Lipinski definition) is 3. The Morgan fingerprint density at radius 2 is 1.76 bits per heavy atom. The fraction of sp³-hybridized carbons (Fsp3) is 0.500. The Morgan fingerprint density at radius 1 is 1.14 bits per heavy atom. The number of hydrogen-bond acceptors (Lipinski definition) is 3. The highest BCUT2D eigenvalue weighted by Gasteiger charge is 2.10. The van der Waals surface area contributed by atoms with E-state index in [1.54, 1.807) is 0 Å². The van der Waals surface area contributed by atoms with E-state index in [4.69, 9.17) is 5.11 Å². The first-order valence-corrected chi connectivity index (χ1v) is 7.23. The predicted octanol–water partition coefficient (Wildman–Crippen LogP) is 2.59. The first kappa shape index (κ1) is 17.2. The highest BCUT2D eigenvalue weighted by Crippen LogP contribution is 2.20. The molecule has 0 aromatic heterocycles. The minimum atomic E-state index is -0.808. The van der Waals surface area contributed by atoms with Gasteiger partial charge in [-0.15, -0.1) is 0 Å². The molecule has 1 aromatic carbocycles. The van der Waals surface area contributed by atoms with Gasteiger partial charge in [0.25, 0.3) is 0 Å². The van der Waals surface area contributed by atoms with Crippen LogP contribution < -0.4 is 10.6 Å². The predicted molar refractivity (Wildman–Crippen MR) is 83.5 cm³/mol. The van der Waals surface area contributed by atoms with E-state index in [-0.39, 0.29) is 18.2 Å². The number of carbonyl (C=O) groups excluding carboxylic acids is 1. The van der Waals surface area contributed by atoms with Gasteiger partial charge in [0.2, 0.25) is 5.91 Å². The number of carboxylic acid groups (broad SMARTS) is 1. The Hall–Kier alpha value is -1.88. The molecule has 1 unspecified atom stereocenters. The van der Waals surface area contributed by atoms with Gasteiger partial charge < -0.3 is 15.7 Å². The Morgan fingerprint density at radius 3 is 2.29 bits per heavy atom. The molecule has 0 saturated heterocycles. The van der Waals surface area contributed by atoms with Crippen LogP contribution in [0.25, 0.3) is 0 Å². The quantitative estimate of drug-likeness (QED) is 0.688. The average Bonchev–Trinajstić information content (AvgIpc) is 2.38. The van der Waals surface area contributed by atoms with Crippen molar-refractivity contribution in [3.8, 4) is 0 Å². The molecule has 1 amide bonds. The van der Waals surface area contributed by atoms with Crippen molar-refractivity contribution in [3.05, 3.63) is 29.8 Å². The molecule has 0 aliphatic carbocycles. The monoisotopic (exact) mass is 292 g/mol. The van der Waals surface area contributed by atoms with Crippen LogP contribution in [0, 0.1) is 0 Å². The lowest BCUT2D eigenvalue weighted by molar-refractivity contribution is -0.137. The van der Waals surface area contributed by atoms with Gasteiger partial charge in [-0.2, -0.15) is 0 Å². The number of benzene rings is 1. The van der Waals surface area contributed by atoms with E-state index < -0.39 is 5.97 Å². The van der Waals surface area contributed by atoms with E-state index in [2.05, 4.69) is 10.6 Å². The number of amides is 1. The number of aliphatic carboxylic acids is 1. The van der Waals surface area contributed by atoms with Crippen molar-refractivity contribution in [2.24, 2.45) is 0 Å². The van der Waals surface area contributed by atoms with Crippen LogP contribution in [0.4, 0.5) is 5.69 Å². The number of nitrogens with one attached hydrogen (secondary N) is 2. The molecule has 1 aromatic rings. The topological polar surface area (TPSA) is 78.4 Å². The van der Waals surface area contributed by atoms with E-state index in [1.165, 1.54) is 0 Å². The van der Waals surface area contributed by atoms with Gasteiger partial charge >= 0.3 is 5.97 Å². The summed E-state index contributed by atoms with van der Waals surface area (Å²) < 4.78 is 0. The standard InChI is InChI=1S/C16H24N2O3/c1-11(2)17-9-8-15(19)18-14-6-4-13(5-7-14)12(3)10-16(20)21/h4-7,11-12,17H,8-10H2,1-3H3,(H,18,19)(H,20,21). The summed E-state index contributed by atoms with van der Waals surface area (Å²) in [5.41, 5.74) is 1.69. The smallest absolute Gasteiger partial charge is 0.303 e. The molecule has 0 aliphatic rings. The van der Waals surface area contributed by atoms with Gasteiger partial charge in [0, 0.05) is 24.7 Å². The lowest BCUT2D eigenvalue weighted by Gasteiger charge is -2.11. The Labute approximate surface area is 125 Å². The van der Waals surface area contributed by atoms with E-state index in [1.807, 2.05) is 45.0 Å². The summed E-state index contributed by atoms with van der Waals surface area (Å²) in [5, 5.41) is 14.8. The lowest BCUT2D eigenvalue weighted by Crippen LogP contribution is -2.27. The molecule has 0 saturated carbocycles. The summed E-state index contributed by atoms with van der Waals surface area (Å²) >= 11 is 0. The fourth-order valence-corrected chi connectivity index (χ4v) is 1.97. The Balaban J connectivity index is 2.47. The molecule has 3 N–H and O–H groups in total. The van der Waals surface area contributed by atoms with Crippen LogP contribution in [0.15, 0.2) is 24.3 Å². The van der Waals surface area contributed by atoms with E-state index in [0.717, 1.165) is 11.3 Å². The zero-order valence-corrected chi connectivity index (χ0v) is 12.8. The van der Waals surface area contributed by atoms with Crippen molar-refractivity contribution in [2.75, 3.05) is 11.9 Å². The zero-order valence-electron chi connectivity index (χ0n) is 12.8. The number of carbonyl (C=O) groups is 2. The summed E-state index contributed by atoms with van der Waals surface area (Å²) in [6.07, 6.45) is 0.530. The van der Waals surface area contributed by atoms with Crippen LogP contribution in [0.5, 0.6) is 0 Å². The summed E-state index contributed by atoms with van der Waals surface area (Å²) in [6.45, 7) is 6.60. The van der Waals surface area contributed by atoms with Crippen molar-refractivity contribution < 1.29 is 14.7 Å².